The summed E-state index contributed by atoms with van der Waals surface area (Å²) in [6, 6.07) is 6.72. The van der Waals surface area contributed by atoms with Crippen molar-refractivity contribution in [2.45, 2.75) is 49.5 Å². The molecule has 114 valence electrons. The van der Waals surface area contributed by atoms with Crippen molar-refractivity contribution in [3.63, 3.8) is 0 Å². The molecule has 1 aromatic carbocycles. The molecule has 0 unspecified atom stereocenters. The van der Waals surface area contributed by atoms with Gasteiger partial charge in [0, 0.05) is 17.5 Å². The topological polar surface area (TPSA) is 66.4 Å². The lowest BCUT2D eigenvalue weighted by Crippen LogP contribution is -2.43. The Hall–Kier alpha value is -1.35. The normalized spacial score (nSPS) is 17.2. The Kier molecular flexibility index (Phi) is 5.04. The van der Waals surface area contributed by atoms with E-state index in [1.807, 2.05) is 6.92 Å². The Morgan fingerprint density at radius 3 is 2.62 bits per heavy atom. The van der Waals surface area contributed by atoms with E-state index in [-0.39, 0.29) is 17.0 Å². The average Bonchev–Trinajstić information content (AvgIpc) is 2.85. The first-order valence-electron chi connectivity index (χ1n) is 7.20. The molecule has 2 N–H and O–H groups in total. The maximum atomic E-state index is 12.6. The van der Waals surface area contributed by atoms with Crippen LogP contribution in [-0.4, -0.2) is 25.7 Å². The number of nitrogens with one attached hydrogen (secondary N) is 1. The van der Waals surface area contributed by atoms with Gasteiger partial charge < -0.3 is 5.11 Å². The van der Waals surface area contributed by atoms with Gasteiger partial charge in [-0.05, 0) is 31.9 Å². The van der Waals surface area contributed by atoms with Crippen molar-refractivity contribution in [2.75, 3.05) is 6.61 Å². The third kappa shape index (κ3) is 4.07. The molecule has 2 rings (SSSR count). The summed E-state index contributed by atoms with van der Waals surface area (Å²) >= 11 is 0. The minimum atomic E-state index is -3.58. The van der Waals surface area contributed by atoms with E-state index in [0.717, 1.165) is 25.7 Å². The van der Waals surface area contributed by atoms with Crippen molar-refractivity contribution in [3.05, 3.63) is 29.8 Å². The Labute approximate surface area is 126 Å². The van der Waals surface area contributed by atoms with Gasteiger partial charge in [-0.15, -0.1) is 0 Å². The number of aliphatic hydroxyl groups excluding tert-OH is 1. The first-order valence-corrected chi connectivity index (χ1v) is 8.68. The lowest BCUT2D eigenvalue weighted by Gasteiger charge is -2.25. The molecule has 0 atom stereocenters. The van der Waals surface area contributed by atoms with Crippen LogP contribution in [0.2, 0.25) is 0 Å². The van der Waals surface area contributed by atoms with Gasteiger partial charge in [-0.3, -0.25) is 0 Å². The van der Waals surface area contributed by atoms with Crippen LogP contribution in [0.5, 0.6) is 0 Å². The highest BCUT2D eigenvalue weighted by atomic mass is 32.2. The number of hydrogen-bond acceptors (Lipinski definition) is 3. The van der Waals surface area contributed by atoms with Crippen LogP contribution in [0.25, 0.3) is 0 Å². The Morgan fingerprint density at radius 1 is 1.29 bits per heavy atom. The molecule has 1 saturated carbocycles. The van der Waals surface area contributed by atoms with E-state index in [9.17, 15) is 8.42 Å². The number of hydrogen-bond donors (Lipinski definition) is 2. The van der Waals surface area contributed by atoms with Crippen molar-refractivity contribution in [1.82, 2.24) is 4.72 Å². The van der Waals surface area contributed by atoms with E-state index < -0.39 is 10.0 Å². The first-order chi connectivity index (χ1) is 9.97. The zero-order valence-corrected chi connectivity index (χ0v) is 13.0. The molecule has 4 nitrogen and oxygen atoms in total. The average molecular weight is 307 g/mol. The third-order valence-corrected chi connectivity index (χ3v) is 5.42. The first kappa shape index (κ1) is 16.0. The van der Waals surface area contributed by atoms with Gasteiger partial charge in [0.2, 0.25) is 10.0 Å². The second kappa shape index (κ2) is 6.61. The second-order valence-electron chi connectivity index (χ2n) is 5.64. The summed E-state index contributed by atoms with van der Waals surface area (Å²) in [4.78, 5) is 0.212. The fraction of sp³-hybridized carbons (Fsp3) is 0.500. The van der Waals surface area contributed by atoms with Gasteiger partial charge in [-0.25, -0.2) is 13.1 Å². The van der Waals surface area contributed by atoms with Gasteiger partial charge in [0.05, 0.1) is 11.5 Å². The highest BCUT2D eigenvalue weighted by Gasteiger charge is 2.34. The molecular weight excluding hydrogens is 286 g/mol. The van der Waals surface area contributed by atoms with Gasteiger partial charge in [0.1, 0.15) is 0 Å². The molecule has 5 heteroatoms. The molecule has 0 saturated heterocycles. The standard InChI is InChI=1S/C16H21NO3S/c1-16(11-5-6-12-16)17-21(19,20)15-10-3-2-8-14(15)9-4-7-13-18/h2-3,8,10,17-18H,5-7,11-13H2,1H3. The molecule has 1 aliphatic carbocycles. The van der Waals surface area contributed by atoms with Crippen LogP contribution in [-0.2, 0) is 10.0 Å². The van der Waals surface area contributed by atoms with E-state index in [4.69, 9.17) is 5.11 Å². The van der Waals surface area contributed by atoms with Crippen LogP contribution in [0.4, 0.5) is 0 Å². The Bertz CT molecular complexity index is 650. The summed E-state index contributed by atoms with van der Waals surface area (Å²) in [6.45, 7) is 1.93. The van der Waals surface area contributed by atoms with E-state index in [0.29, 0.717) is 12.0 Å². The number of sulfonamides is 1. The van der Waals surface area contributed by atoms with Crippen molar-refractivity contribution in [1.29, 1.82) is 0 Å². The molecule has 0 spiro atoms. The molecule has 1 fully saturated rings. The van der Waals surface area contributed by atoms with Gasteiger partial charge in [-0.2, -0.15) is 0 Å². The Morgan fingerprint density at radius 2 is 1.95 bits per heavy atom. The predicted octanol–water partition coefficient (Wildman–Crippen LogP) is 2.03. The molecule has 0 radical (unpaired) electrons. The molecule has 1 aromatic rings. The van der Waals surface area contributed by atoms with E-state index >= 15 is 0 Å². The predicted molar refractivity (Wildman–Crippen MR) is 82.2 cm³/mol. The summed E-state index contributed by atoms with van der Waals surface area (Å²) < 4.78 is 28.1. The molecular formula is C16H21NO3S. The summed E-state index contributed by atoms with van der Waals surface area (Å²) in [5.41, 5.74) is 0.116. The van der Waals surface area contributed by atoms with Crippen LogP contribution in [0.1, 0.15) is 44.6 Å². The zero-order chi connectivity index (χ0) is 15.3. The van der Waals surface area contributed by atoms with E-state index in [2.05, 4.69) is 16.6 Å². The molecule has 0 amide bonds. The quantitative estimate of drug-likeness (QED) is 0.837. The van der Waals surface area contributed by atoms with Gasteiger partial charge >= 0.3 is 0 Å². The van der Waals surface area contributed by atoms with Crippen LogP contribution in [0.15, 0.2) is 29.2 Å². The van der Waals surface area contributed by atoms with Gasteiger partial charge in [-0.1, -0.05) is 36.8 Å². The highest BCUT2D eigenvalue weighted by Crippen LogP contribution is 2.31. The summed E-state index contributed by atoms with van der Waals surface area (Å²) in [7, 11) is -3.58. The van der Waals surface area contributed by atoms with E-state index in [1.165, 1.54) is 0 Å². The van der Waals surface area contributed by atoms with Crippen LogP contribution in [0.3, 0.4) is 0 Å². The summed E-state index contributed by atoms with van der Waals surface area (Å²) in [5, 5.41) is 8.76. The monoisotopic (exact) mass is 307 g/mol. The minimum Gasteiger partial charge on any atom is -0.395 e. The van der Waals surface area contributed by atoms with E-state index in [1.54, 1.807) is 24.3 Å². The lowest BCUT2D eigenvalue weighted by atomic mass is 10.0. The third-order valence-electron chi connectivity index (χ3n) is 3.72. The second-order valence-corrected chi connectivity index (χ2v) is 7.30. The van der Waals surface area contributed by atoms with Gasteiger partial charge in [0.25, 0.3) is 0 Å². The van der Waals surface area contributed by atoms with Crippen LogP contribution < -0.4 is 4.72 Å². The molecule has 0 bridgehead atoms. The molecule has 1 aliphatic rings. The molecule has 0 heterocycles. The highest BCUT2D eigenvalue weighted by molar-refractivity contribution is 7.89. The van der Waals surface area contributed by atoms with Crippen LogP contribution in [0, 0.1) is 11.8 Å². The molecule has 21 heavy (non-hydrogen) atoms. The molecule has 0 aliphatic heterocycles. The summed E-state index contributed by atoms with van der Waals surface area (Å²) in [5.74, 6) is 5.60. The lowest BCUT2D eigenvalue weighted by molar-refractivity contribution is 0.305. The zero-order valence-electron chi connectivity index (χ0n) is 12.2. The number of rotatable bonds is 4. The smallest absolute Gasteiger partial charge is 0.242 e. The minimum absolute atomic E-state index is 0.0295. The number of benzene rings is 1. The fourth-order valence-electron chi connectivity index (χ4n) is 2.65. The fourth-order valence-corrected chi connectivity index (χ4v) is 4.28. The van der Waals surface area contributed by atoms with Crippen molar-refractivity contribution in [3.8, 4) is 11.8 Å². The maximum Gasteiger partial charge on any atom is 0.242 e. The SMILES string of the molecule is CC1(NS(=O)(=O)c2ccccc2C#CCCO)CCCC1. The van der Waals surface area contributed by atoms with Crippen molar-refractivity contribution in [2.24, 2.45) is 0 Å². The molecule has 0 aromatic heterocycles. The van der Waals surface area contributed by atoms with Gasteiger partial charge in [0.15, 0.2) is 0 Å². The maximum absolute atomic E-state index is 12.6. The van der Waals surface area contributed by atoms with Crippen molar-refractivity contribution >= 4 is 10.0 Å². The largest absolute Gasteiger partial charge is 0.395 e. The van der Waals surface area contributed by atoms with Crippen LogP contribution >= 0.6 is 0 Å². The summed E-state index contributed by atoms with van der Waals surface area (Å²) in [6.07, 6.45) is 4.17. The number of aliphatic hydroxyl groups is 1. The Balaban J connectivity index is 2.30. The van der Waals surface area contributed by atoms with Crippen molar-refractivity contribution < 1.29 is 13.5 Å².